The Kier molecular flexibility index (Phi) is 1.44. The maximum Gasteiger partial charge on any atom is 0.249 e. The molecule has 0 bridgehead atoms. The third-order valence-electron chi connectivity index (χ3n) is 0.836. The Morgan fingerprint density at radius 3 is 2.89 bits per heavy atom. The van der Waals surface area contributed by atoms with Crippen molar-refractivity contribution in [1.29, 1.82) is 0 Å². The predicted molar refractivity (Wildman–Crippen MR) is 30.4 cm³/mol. The maximum atomic E-state index is 10.3. The molecule has 2 N–H and O–H groups in total. The molecular formula is C6H4N2O. The van der Waals surface area contributed by atoms with E-state index in [1.807, 2.05) is 0 Å². The molecule has 9 heavy (non-hydrogen) atoms. The van der Waals surface area contributed by atoms with Crippen molar-refractivity contribution >= 4 is 5.91 Å². The van der Waals surface area contributed by atoms with Crippen LogP contribution in [0, 0.1) is 12.3 Å². The van der Waals surface area contributed by atoms with Crippen molar-refractivity contribution in [3.8, 4) is 0 Å². The Labute approximate surface area is 52.5 Å². The number of rotatable bonds is 1. The summed E-state index contributed by atoms with van der Waals surface area (Å²) in [6, 6.07) is 3.94. The van der Waals surface area contributed by atoms with Gasteiger partial charge in [0.1, 0.15) is 0 Å². The van der Waals surface area contributed by atoms with Crippen molar-refractivity contribution in [3.63, 3.8) is 0 Å². The van der Waals surface area contributed by atoms with E-state index in [1.165, 1.54) is 12.3 Å². The number of amides is 1. The number of hydrogen-bond acceptors (Lipinski definition) is 2. The minimum absolute atomic E-state index is 0.310. The standard InChI is InChI=1S/C6H4N2O/c7-6(9)5-1-3-8-4-2-5/h1,3H,(H2,7,9). The van der Waals surface area contributed by atoms with E-state index in [9.17, 15) is 4.79 Å². The van der Waals surface area contributed by atoms with Crippen LogP contribution in [0.15, 0.2) is 12.3 Å². The first-order valence-corrected chi connectivity index (χ1v) is 2.35. The molecule has 1 aromatic heterocycles. The predicted octanol–water partition coefficient (Wildman–Crippen LogP) is -0.219. The maximum absolute atomic E-state index is 10.3. The number of carbonyl (C=O) groups excluding carboxylic acids is 1. The zero-order chi connectivity index (χ0) is 6.69. The summed E-state index contributed by atoms with van der Waals surface area (Å²) in [6.07, 6.45) is 3.81. The summed E-state index contributed by atoms with van der Waals surface area (Å²) in [5.74, 6) is -0.506. The summed E-state index contributed by atoms with van der Waals surface area (Å²) in [7, 11) is 0. The lowest BCUT2D eigenvalue weighted by atomic mass is 10.3. The molecule has 1 aromatic rings. The van der Waals surface area contributed by atoms with Crippen molar-refractivity contribution in [1.82, 2.24) is 4.98 Å². The Morgan fingerprint density at radius 2 is 2.56 bits per heavy atom. The van der Waals surface area contributed by atoms with Crippen LogP contribution >= 0.6 is 0 Å². The molecule has 3 heteroatoms. The summed E-state index contributed by atoms with van der Waals surface area (Å²) < 4.78 is 0. The van der Waals surface area contributed by atoms with Crippen molar-refractivity contribution in [2.24, 2.45) is 5.73 Å². The van der Waals surface area contributed by atoms with Gasteiger partial charge < -0.3 is 5.73 Å². The smallest absolute Gasteiger partial charge is 0.249 e. The van der Waals surface area contributed by atoms with Gasteiger partial charge in [-0.05, 0) is 6.07 Å². The molecule has 0 atom stereocenters. The lowest BCUT2D eigenvalue weighted by Gasteiger charge is -1.87. The topological polar surface area (TPSA) is 56.0 Å². The minimum Gasteiger partial charge on any atom is -0.366 e. The second kappa shape index (κ2) is 2.26. The molecule has 0 saturated heterocycles. The zero-order valence-electron chi connectivity index (χ0n) is 4.59. The highest BCUT2D eigenvalue weighted by molar-refractivity contribution is 5.92. The molecular weight excluding hydrogens is 116 g/mol. The summed E-state index contributed by atoms with van der Waals surface area (Å²) in [5.41, 5.74) is 5.21. The largest absolute Gasteiger partial charge is 0.366 e. The van der Waals surface area contributed by atoms with Gasteiger partial charge in [0.05, 0.1) is 11.8 Å². The lowest BCUT2D eigenvalue weighted by Crippen LogP contribution is -2.10. The van der Waals surface area contributed by atoms with Gasteiger partial charge in [-0.1, -0.05) is 0 Å². The second-order valence-corrected chi connectivity index (χ2v) is 1.46. The zero-order valence-corrected chi connectivity index (χ0v) is 4.59. The minimum atomic E-state index is -0.506. The first kappa shape index (κ1) is 5.75. The summed E-state index contributed by atoms with van der Waals surface area (Å²) >= 11 is 0. The van der Waals surface area contributed by atoms with E-state index in [4.69, 9.17) is 5.73 Å². The van der Waals surface area contributed by atoms with Crippen LogP contribution in [-0.4, -0.2) is 10.9 Å². The van der Waals surface area contributed by atoms with E-state index < -0.39 is 5.91 Å². The van der Waals surface area contributed by atoms with Crippen molar-refractivity contribution in [3.05, 3.63) is 30.1 Å². The highest BCUT2D eigenvalue weighted by atomic mass is 16.1. The van der Waals surface area contributed by atoms with E-state index in [0.29, 0.717) is 5.56 Å². The molecule has 0 aliphatic heterocycles. The molecule has 3 nitrogen and oxygen atoms in total. The molecule has 0 saturated carbocycles. The molecule has 0 unspecified atom stereocenters. The second-order valence-electron chi connectivity index (χ2n) is 1.46. The Bertz CT molecular complexity index is 208. The van der Waals surface area contributed by atoms with E-state index in [2.05, 4.69) is 17.2 Å². The van der Waals surface area contributed by atoms with Crippen LogP contribution in [0.4, 0.5) is 0 Å². The molecule has 0 aliphatic rings. The molecule has 0 fully saturated rings. The van der Waals surface area contributed by atoms with Gasteiger partial charge in [0.15, 0.2) is 0 Å². The number of nitrogens with two attached hydrogens (primary N) is 1. The number of aromatic nitrogens is 1. The molecule has 44 valence electrons. The molecule has 0 aliphatic carbocycles. The van der Waals surface area contributed by atoms with Gasteiger partial charge in [-0.3, -0.25) is 9.78 Å². The summed E-state index contributed by atoms with van der Waals surface area (Å²) in [4.78, 5) is 13.9. The third kappa shape index (κ3) is 1.25. The van der Waals surface area contributed by atoms with Crippen molar-refractivity contribution < 1.29 is 4.79 Å². The van der Waals surface area contributed by atoms with Gasteiger partial charge in [0.2, 0.25) is 5.91 Å². The SMILES string of the molecule is NC(=O)c1[c][c]ncc1. The number of nitrogens with zero attached hydrogens (tertiary/aromatic N) is 1. The van der Waals surface area contributed by atoms with Gasteiger partial charge >= 0.3 is 0 Å². The van der Waals surface area contributed by atoms with Crippen molar-refractivity contribution in [2.45, 2.75) is 0 Å². The van der Waals surface area contributed by atoms with E-state index in [1.54, 1.807) is 0 Å². The normalized spacial score (nSPS) is 8.89. The summed E-state index contributed by atoms with van der Waals surface area (Å²) in [6.45, 7) is 0. The van der Waals surface area contributed by atoms with E-state index in [-0.39, 0.29) is 0 Å². The van der Waals surface area contributed by atoms with Crippen LogP contribution in [0.25, 0.3) is 0 Å². The Balaban J connectivity index is 2.98. The highest BCUT2D eigenvalue weighted by Crippen LogP contribution is 1.90. The highest BCUT2D eigenvalue weighted by Gasteiger charge is 1.95. The van der Waals surface area contributed by atoms with Gasteiger partial charge in [-0.15, -0.1) is 0 Å². The number of carbonyl (C=O) groups is 1. The fourth-order valence-electron chi connectivity index (χ4n) is 0.427. The van der Waals surface area contributed by atoms with Crippen molar-refractivity contribution in [2.75, 3.05) is 0 Å². The first-order valence-electron chi connectivity index (χ1n) is 2.35. The monoisotopic (exact) mass is 120 g/mol. The average molecular weight is 120 g/mol. The van der Waals surface area contributed by atoms with Gasteiger partial charge in [0, 0.05) is 12.3 Å². The van der Waals surface area contributed by atoms with Crippen LogP contribution in [0.1, 0.15) is 10.4 Å². The quantitative estimate of drug-likeness (QED) is 0.557. The third-order valence-corrected chi connectivity index (χ3v) is 0.836. The van der Waals surface area contributed by atoms with Gasteiger partial charge in [0.25, 0.3) is 0 Å². The average Bonchev–Trinajstić information content (AvgIpc) is 1.90. The van der Waals surface area contributed by atoms with Gasteiger partial charge in [-0.25, -0.2) is 0 Å². The molecule has 0 aromatic carbocycles. The van der Waals surface area contributed by atoms with E-state index >= 15 is 0 Å². The van der Waals surface area contributed by atoms with Crippen LogP contribution in [0.2, 0.25) is 0 Å². The fraction of sp³-hybridized carbons (Fsp3) is 0. The van der Waals surface area contributed by atoms with Crippen LogP contribution in [0.5, 0.6) is 0 Å². The number of primary amides is 1. The van der Waals surface area contributed by atoms with Crippen LogP contribution in [-0.2, 0) is 0 Å². The molecule has 2 radical (unpaired) electrons. The van der Waals surface area contributed by atoms with Gasteiger partial charge in [-0.2, -0.15) is 0 Å². The number of hydrogen-bond donors (Lipinski definition) is 1. The van der Waals surface area contributed by atoms with Crippen LogP contribution in [0.3, 0.4) is 0 Å². The molecule has 1 amide bonds. The Morgan fingerprint density at radius 1 is 1.78 bits per heavy atom. The molecule has 1 heterocycles. The Hall–Kier alpha value is -1.38. The summed E-state index contributed by atoms with van der Waals surface area (Å²) in [5, 5.41) is 0. The molecule has 0 spiro atoms. The van der Waals surface area contributed by atoms with Crippen LogP contribution < -0.4 is 5.73 Å². The van der Waals surface area contributed by atoms with E-state index in [0.717, 1.165) is 0 Å². The number of pyridine rings is 1. The lowest BCUT2D eigenvalue weighted by molar-refractivity contribution is 0.1000. The first-order chi connectivity index (χ1) is 4.30. The fourth-order valence-corrected chi connectivity index (χ4v) is 0.427. The molecule has 1 rings (SSSR count).